The van der Waals surface area contributed by atoms with Crippen molar-refractivity contribution in [3.8, 4) is 11.5 Å². The summed E-state index contributed by atoms with van der Waals surface area (Å²) in [5.74, 6) is 1.39. The molecule has 6 heteroatoms. The lowest BCUT2D eigenvalue weighted by atomic mass is 9.92. The van der Waals surface area contributed by atoms with Gasteiger partial charge >= 0.3 is 6.03 Å². The third-order valence-electron chi connectivity index (χ3n) is 4.99. The number of carbonyl (C=O) groups excluding carboxylic acids is 2. The minimum absolute atomic E-state index is 0.0295. The number of benzene rings is 3. The molecule has 0 heterocycles. The number of para-hydroxylation sites is 1. The molecule has 0 bridgehead atoms. The molecule has 0 saturated carbocycles. The number of urea groups is 1. The number of carbonyl (C=O) groups is 2. The Morgan fingerprint density at radius 3 is 2.21 bits per heavy atom. The summed E-state index contributed by atoms with van der Waals surface area (Å²) >= 11 is 0. The minimum atomic E-state index is -0.271. The molecule has 34 heavy (non-hydrogen) atoms. The van der Waals surface area contributed by atoms with Crippen LogP contribution in [0.5, 0.6) is 11.5 Å². The molecule has 3 aromatic rings. The van der Waals surface area contributed by atoms with Gasteiger partial charge in [-0.2, -0.15) is 0 Å². The van der Waals surface area contributed by atoms with Crippen LogP contribution in [-0.4, -0.2) is 25.0 Å². The fourth-order valence-corrected chi connectivity index (χ4v) is 3.43. The van der Waals surface area contributed by atoms with Gasteiger partial charge in [-0.05, 0) is 66.4 Å². The molecule has 0 fully saturated rings. The average molecular weight is 460 g/mol. The molecular formula is C28H33N3O3. The number of rotatable bonds is 8. The summed E-state index contributed by atoms with van der Waals surface area (Å²) in [5.41, 5.74) is 2.38. The molecule has 2 N–H and O–H groups in total. The molecule has 0 aliphatic heterocycles. The smallest absolute Gasteiger partial charge is 0.326 e. The van der Waals surface area contributed by atoms with Gasteiger partial charge in [-0.15, -0.1) is 0 Å². The summed E-state index contributed by atoms with van der Waals surface area (Å²) in [6.45, 7) is 8.71. The van der Waals surface area contributed by atoms with Gasteiger partial charge in [0.2, 0.25) is 5.91 Å². The van der Waals surface area contributed by atoms with E-state index in [-0.39, 0.29) is 17.4 Å². The van der Waals surface area contributed by atoms with E-state index in [2.05, 4.69) is 10.6 Å². The Bertz CT molecular complexity index is 1090. The Morgan fingerprint density at radius 2 is 1.56 bits per heavy atom. The first-order chi connectivity index (χ1) is 16.2. The molecule has 3 amide bonds. The van der Waals surface area contributed by atoms with Gasteiger partial charge in [0.15, 0.2) is 0 Å². The monoisotopic (exact) mass is 459 g/mol. The maximum absolute atomic E-state index is 13.2. The molecule has 0 radical (unpaired) electrons. The first-order valence-corrected chi connectivity index (χ1v) is 11.4. The quantitative estimate of drug-likeness (QED) is 0.411. The van der Waals surface area contributed by atoms with Crippen molar-refractivity contribution in [3.05, 3.63) is 84.4 Å². The lowest BCUT2D eigenvalue weighted by molar-refractivity contribution is -0.122. The average Bonchev–Trinajstić information content (AvgIpc) is 2.77. The zero-order valence-electron chi connectivity index (χ0n) is 20.3. The van der Waals surface area contributed by atoms with Crippen molar-refractivity contribution in [3.63, 3.8) is 0 Å². The SMILES string of the molecule is Cc1cccc(NC(=O)N(CCNC(=O)CC(C)(C)C)c2ccc(Oc3ccccc3)cc2)c1. The van der Waals surface area contributed by atoms with Crippen LogP contribution in [0, 0.1) is 12.3 Å². The molecular weight excluding hydrogens is 426 g/mol. The summed E-state index contributed by atoms with van der Waals surface area (Å²) in [6, 6.07) is 24.2. The second-order valence-electron chi connectivity index (χ2n) is 9.45. The summed E-state index contributed by atoms with van der Waals surface area (Å²) in [6.07, 6.45) is 0.425. The maximum atomic E-state index is 13.2. The zero-order valence-corrected chi connectivity index (χ0v) is 20.3. The molecule has 0 aliphatic carbocycles. The van der Waals surface area contributed by atoms with Crippen molar-refractivity contribution >= 4 is 23.3 Å². The molecule has 3 rings (SSSR count). The van der Waals surface area contributed by atoms with Gasteiger partial charge in [0, 0.05) is 30.9 Å². The number of aryl methyl sites for hydroxylation is 1. The van der Waals surface area contributed by atoms with Gasteiger partial charge < -0.3 is 15.4 Å². The highest BCUT2D eigenvalue weighted by Crippen LogP contribution is 2.25. The Balaban J connectivity index is 1.72. The van der Waals surface area contributed by atoms with Crippen LogP contribution in [0.2, 0.25) is 0 Å². The summed E-state index contributed by atoms with van der Waals surface area (Å²) < 4.78 is 5.87. The van der Waals surface area contributed by atoms with Gasteiger partial charge in [-0.3, -0.25) is 9.69 Å². The van der Waals surface area contributed by atoms with E-state index >= 15 is 0 Å². The number of hydrogen-bond acceptors (Lipinski definition) is 3. The second-order valence-corrected chi connectivity index (χ2v) is 9.45. The van der Waals surface area contributed by atoms with Crippen molar-refractivity contribution in [2.45, 2.75) is 34.1 Å². The lowest BCUT2D eigenvalue weighted by Crippen LogP contribution is -2.41. The Labute approximate surface area is 201 Å². The third-order valence-corrected chi connectivity index (χ3v) is 4.99. The fraction of sp³-hybridized carbons (Fsp3) is 0.286. The second kappa shape index (κ2) is 11.4. The molecule has 178 valence electrons. The Kier molecular flexibility index (Phi) is 8.30. The maximum Gasteiger partial charge on any atom is 0.326 e. The van der Waals surface area contributed by atoms with E-state index in [9.17, 15) is 9.59 Å². The number of nitrogens with one attached hydrogen (secondary N) is 2. The fourth-order valence-electron chi connectivity index (χ4n) is 3.43. The number of hydrogen-bond donors (Lipinski definition) is 2. The van der Waals surface area contributed by atoms with Crippen LogP contribution in [0.25, 0.3) is 0 Å². The molecule has 0 aliphatic rings. The van der Waals surface area contributed by atoms with Crippen molar-refractivity contribution in [2.75, 3.05) is 23.3 Å². The van der Waals surface area contributed by atoms with Gasteiger partial charge in [0.25, 0.3) is 0 Å². The van der Waals surface area contributed by atoms with Gasteiger partial charge in [0.05, 0.1) is 0 Å². The van der Waals surface area contributed by atoms with E-state index < -0.39 is 0 Å². The van der Waals surface area contributed by atoms with E-state index in [4.69, 9.17) is 4.74 Å². The van der Waals surface area contributed by atoms with E-state index in [0.29, 0.717) is 30.9 Å². The molecule has 0 unspecified atom stereocenters. The first kappa shape index (κ1) is 24.8. The van der Waals surface area contributed by atoms with Crippen LogP contribution < -0.4 is 20.3 Å². The van der Waals surface area contributed by atoms with Gasteiger partial charge in [0.1, 0.15) is 11.5 Å². The number of nitrogens with zero attached hydrogens (tertiary/aromatic N) is 1. The molecule has 0 saturated heterocycles. The van der Waals surface area contributed by atoms with Crippen LogP contribution >= 0.6 is 0 Å². The van der Waals surface area contributed by atoms with Crippen molar-refractivity contribution in [1.29, 1.82) is 0 Å². The Hall–Kier alpha value is -3.80. The predicted octanol–water partition coefficient (Wildman–Crippen LogP) is 6.38. The minimum Gasteiger partial charge on any atom is -0.457 e. The van der Waals surface area contributed by atoms with Crippen molar-refractivity contribution in [2.24, 2.45) is 5.41 Å². The molecule has 0 aromatic heterocycles. The number of anilines is 2. The first-order valence-electron chi connectivity index (χ1n) is 11.4. The highest BCUT2D eigenvalue weighted by molar-refractivity contribution is 6.01. The standard InChI is InChI=1S/C28H33N3O3/c1-21-9-8-10-22(19-21)30-27(33)31(18-17-29-26(32)20-28(2,3)4)23-13-15-25(16-14-23)34-24-11-6-5-7-12-24/h5-16,19H,17-18,20H2,1-4H3,(H,29,32)(H,30,33). The Morgan fingerprint density at radius 1 is 0.882 bits per heavy atom. The lowest BCUT2D eigenvalue weighted by Gasteiger charge is -2.24. The highest BCUT2D eigenvalue weighted by Gasteiger charge is 2.19. The van der Waals surface area contributed by atoms with Crippen molar-refractivity contribution in [1.82, 2.24) is 5.32 Å². The van der Waals surface area contributed by atoms with Crippen molar-refractivity contribution < 1.29 is 14.3 Å². The molecule has 3 aromatic carbocycles. The van der Waals surface area contributed by atoms with Crippen LogP contribution in [-0.2, 0) is 4.79 Å². The number of ether oxygens (including phenoxy) is 1. The normalized spacial score (nSPS) is 10.9. The van der Waals surface area contributed by atoms with E-state index in [1.165, 1.54) is 0 Å². The predicted molar refractivity (Wildman–Crippen MR) is 138 cm³/mol. The van der Waals surface area contributed by atoms with E-state index in [0.717, 1.165) is 17.0 Å². The summed E-state index contributed by atoms with van der Waals surface area (Å²) in [7, 11) is 0. The zero-order chi connectivity index (χ0) is 24.6. The highest BCUT2D eigenvalue weighted by atomic mass is 16.5. The summed E-state index contributed by atoms with van der Waals surface area (Å²) in [5, 5.41) is 5.88. The van der Waals surface area contributed by atoms with Crippen LogP contribution in [0.4, 0.5) is 16.2 Å². The van der Waals surface area contributed by atoms with Crippen LogP contribution in [0.1, 0.15) is 32.8 Å². The van der Waals surface area contributed by atoms with Crippen LogP contribution in [0.15, 0.2) is 78.9 Å². The largest absolute Gasteiger partial charge is 0.457 e. The van der Waals surface area contributed by atoms with E-state index in [1.807, 2.05) is 107 Å². The third kappa shape index (κ3) is 7.96. The van der Waals surface area contributed by atoms with Gasteiger partial charge in [-0.25, -0.2) is 4.79 Å². The summed E-state index contributed by atoms with van der Waals surface area (Å²) in [4.78, 5) is 27.0. The topological polar surface area (TPSA) is 70.7 Å². The van der Waals surface area contributed by atoms with Gasteiger partial charge in [-0.1, -0.05) is 51.1 Å². The number of amides is 3. The van der Waals surface area contributed by atoms with Crippen LogP contribution in [0.3, 0.4) is 0 Å². The van der Waals surface area contributed by atoms with E-state index in [1.54, 1.807) is 4.90 Å². The molecule has 0 spiro atoms. The molecule has 0 atom stereocenters. The molecule has 6 nitrogen and oxygen atoms in total.